The summed E-state index contributed by atoms with van der Waals surface area (Å²) in [5.74, 6) is -0.459. The molecule has 4 rings (SSSR count). The van der Waals surface area contributed by atoms with Crippen LogP contribution in [-0.2, 0) is 6.54 Å². The van der Waals surface area contributed by atoms with Crippen molar-refractivity contribution in [2.45, 2.75) is 6.54 Å². The summed E-state index contributed by atoms with van der Waals surface area (Å²) in [6.45, 7) is 0.306. The fourth-order valence-corrected chi connectivity index (χ4v) is 2.59. The Morgan fingerprint density at radius 2 is 2.04 bits per heavy atom. The highest BCUT2D eigenvalue weighted by atomic mass is 16.4. The third kappa shape index (κ3) is 2.54. The predicted molar refractivity (Wildman–Crippen MR) is 89.7 cm³/mol. The maximum absolute atomic E-state index is 12.3. The molecule has 0 radical (unpaired) electrons. The van der Waals surface area contributed by atoms with Gasteiger partial charge in [-0.3, -0.25) is 4.79 Å². The van der Waals surface area contributed by atoms with E-state index in [1.54, 1.807) is 30.6 Å². The third-order valence-corrected chi connectivity index (χ3v) is 3.82. The lowest BCUT2D eigenvalue weighted by molar-refractivity contribution is 0.0947. The third-order valence-electron chi connectivity index (χ3n) is 3.82. The van der Waals surface area contributed by atoms with Gasteiger partial charge in [-0.1, -0.05) is 24.3 Å². The van der Waals surface area contributed by atoms with Crippen LogP contribution in [0.25, 0.3) is 22.0 Å². The second-order valence-corrected chi connectivity index (χ2v) is 5.42. The van der Waals surface area contributed by atoms with Crippen molar-refractivity contribution in [1.82, 2.24) is 15.3 Å². The highest BCUT2D eigenvalue weighted by Crippen LogP contribution is 2.13. The standard InChI is InChI=1S/C18H13N3O3/c22-17(13-8-12-3-1-2-4-16(12)24-18(13)23)19-9-11-5-6-14-15(7-11)21-10-20-14/h1-8,10H,9H2,(H,19,22)(H,20,21). The number of rotatable bonds is 3. The zero-order chi connectivity index (χ0) is 16.5. The Hall–Kier alpha value is -3.41. The number of hydrogen-bond acceptors (Lipinski definition) is 4. The number of carbonyl (C=O) groups excluding carboxylic acids is 1. The Balaban J connectivity index is 1.57. The Kier molecular flexibility index (Phi) is 3.35. The molecule has 2 heterocycles. The van der Waals surface area contributed by atoms with E-state index in [2.05, 4.69) is 15.3 Å². The van der Waals surface area contributed by atoms with Crippen LogP contribution in [-0.4, -0.2) is 15.9 Å². The lowest BCUT2D eigenvalue weighted by atomic mass is 10.1. The summed E-state index contributed by atoms with van der Waals surface area (Å²) in [5.41, 5.74) is 2.48. The Morgan fingerprint density at radius 3 is 2.96 bits per heavy atom. The average molecular weight is 319 g/mol. The van der Waals surface area contributed by atoms with Crippen LogP contribution >= 0.6 is 0 Å². The highest BCUT2D eigenvalue weighted by molar-refractivity contribution is 5.96. The number of hydrogen-bond donors (Lipinski definition) is 2. The first-order chi connectivity index (χ1) is 11.7. The van der Waals surface area contributed by atoms with Crippen molar-refractivity contribution in [2.75, 3.05) is 0 Å². The van der Waals surface area contributed by atoms with Gasteiger partial charge in [0.15, 0.2) is 0 Å². The first-order valence-electron chi connectivity index (χ1n) is 7.44. The smallest absolute Gasteiger partial charge is 0.349 e. The minimum Gasteiger partial charge on any atom is -0.422 e. The first-order valence-corrected chi connectivity index (χ1v) is 7.44. The normalized spacial score (nSPS) is 11.0. The van der Waals surface area contributed by atoms with E-state index in [9.17, 15) is 9.59 Å². The van der Waals surface area contributed by atoms with Crippen LogP contribution in [0.3, 0.4) is 0 Å². The summed E-state index contributed by atoms with van der Waals surface area (Å²) in [6, 6.07) is 14.3. The number of amides is 1. The molecule has 24 heavy (non-hydrogen) atoms. The van der Waals surface area contributed by atoms with Crippen LogP contribution in [0.1, 0.15) is 15.9 Å². The molecule has 4 aromatic rings. The monoisotopic (exact) mass is 319 g/mol. The van der Waals surface area contributed by atoms with Crippen LogP contribution in [0.15, 0.2) is 64.1 Å². The van der Waals surface area contributed by atoms with Gasteiger partial charge in [0, 0.05) is 11.9 Å². The molecule has 0 saturated heterocycles. The molecule has 0 spiro atoms. The van der Waals surface area contributed by atoms with Crippen LogP contribution in [0.2, 0.25) is 0 Å². The lowest BCUT2D eigenvalue weighted by Gasteiger charge is -2.05. The van der Waals surface area contributed by atoms with Crippen LogP contribution < -0.4 is 10.9 Å². The molecular formula is C18H13N3O3. The Bertz CT molecular complexity index is 1110. The Labute approximate surface area is 136 Å². The molecule has 1 amide bonds. The number of H-pyrrole nitrogens is 1. The summed E-state index contributed by atoms with van der Waals surface area (Å²) < 4.78 is 5.18. The number of para-hydroxylation sites is 1. The van der Waals surface area contributed by atoms with Crippen molar-refractivity contribution in [3.63, 3.8) is 0 Å². The molecule has 118 valence electrons. The van der Waals surface area contributed by atoms with Crippen molar-refractivity contribution in [1.29, 1.82) is 0 Å². The van der Waals surface area contributed by atoms with E-state index in [4.69, 9.17) is 4.42 Å². The molecular weight excluding hydrogens is 306 g/mol. The molecule has 0 aliphatic rings. The van der Waals surface area contributed by atoms with E-state index >= 15 is 0 Å². The van der Waals surface area contributed by atoms with E-state index in [1.807, 2.05) is 24.3 Å². The van der Waals surface area contributed by atoms with Crippen molar-refractivity contribution in [3.05, 3.63) is 76.4 Å². The molecule has 0 atom stereocenters. The zero-order valence-corrected chi connectivity index (χ0v) is 12.6. The molecule has 0 fully saturated rings. The Morgan fingerprint density at radius 1 is 1.17 bits per heavy atom. The maximum Gasteiger partial charge on any atom is 0.349 e. The van der Waals surface area contributed by atoms with Gasteiger partial charge in [0.2, 0.25) is 0 Å². The van der Waals surface area contributed by atoms with Gasteiger partial charge in [0.05, 0.1) is 17.4 Å². The van der Waals surface area contributed by atoms with Gasteiger partial charge in [0.1, 0.15) is 11.1 Å². The molecule has 0 aliphatic heterocycles. The number of aromatic nitrogens is 2. The average Bonchev–Trinajstić information content (AvgIpc) is 3.06. The summed E-state index contributed by atoms with van der Waals surface area (Å²) in [6.07, 6.45) is 1.62. The number of benzene rings is 2. The van der Waals surface area contributed by atoms with Gasteiger partial charge < -0.3 is 14.7 Å². The van der Waals surface area contributed by atoms with E-state index in [0.717, 1.165) is 16.6 Å². The quantitative estimate of drug-likeness (QED) is 0.568. The molecule has 0 unspecified atom stereocenters. The molecule has 2 N–H and O–H groups in total. The maximum atomic E-state index is 12.3. The second-order valence-electron chi connectivity index (χ2n) is 5.42. The molecule has 6 nitrogen and oxygen atoms in total. The van der Waals surface area contributed by atoms with E-state index in [1.165, 1.54) is 0 Å². The van der Waals surface area contributed by atoms with E-state index in [-0.39, 0.29) is 5.56 Å². The highest BCUT2D eigenvalue weighted by Gasteiger charge is 2.13. The van der Waals surface area contributed by atoms with Crippen molar-refractivity contribution in [3.8, 4) is 0 Å². The molecule has 6 heteroatoms. The first kappa shape index (κ1) is 14.2. The molecule has 2 aromatic heterocycles. The number of carbonyl (C=O) groups is 1. The fourth-order valence-electron chi connectivity index (χ4n) is 2.59. The number of nitrogens with zero attached hydrogens (tertiary/aromatic N) is 1. The van der Waals surface area contributed by atoms with Crippen molar-refractivity contribution < 1.29 is 9.21 Å². The molecule has 0 bridgehead atoms. The lowest BCUT2D eigenvalue weighted by Crippen LogP contribution is -2.27. The fraction of sp³-hybridized carbons (Fsp3) is 0.0556. The zero-order valence-electron chi connectivity index (χ0n) is 12.6. The molecule has 0 aliphatic carbocycles. The summed E-state index contributed by atoms with van der Waals surface area (Å²) in [4.78, 5) is 31.5. The minimum absolute atomic E-state index is 0.00341. The number of fused-ring (bicyclic) bond motifs is 2. The predicted octanol–water partition coefficient (Wildman–Crippen LogP) is 2.60. The summed E-state index contributed by atoms with van der Waals surface area (Å²) in [5, 5.41) is 3.45. The molecule has 0 saturated carbocycles. The van der Waals surface area contributed by atoms with E-state index < -0.39 is 11.5 Å². The largest absolute Gasteiger partial charge is 0.422 e. The van der Waals surface area contributed by atoms with E-state index in [0.29, 0.717) is 17.5 Å². The van der Waals surface area contributed by atoms with Gasteiger partial charge in [-0.2, -0.15) is 0 Å². The number of imidazole rings is 1. The van der Waals surface area contributed by atoms with Gasteiger partial charge >= 0.3 is 5.63 Å². The number of aromatic amines is 1. The number of nitrogens with one attached hydrogen (secondary N) is 2. The van der Waals surface area contributed by atoms with Gasteiger partial charge in [-0.25, -0.2) is 9.78 Å². The van der Waals surface area contributed by atoms with Gasteiger partial charge in [-0.15, -0.1) is 0 Å². The SMILES string of the molecule is O=C(NCc1ccc2nc[nH]c2c1)c1cc2ccccc2oc1=O. The second kappa shape index (κ2) is 5.66. The van der Waals surface area contributed by atoms with Gasteiger partial charge in [0.25, 0.3) is 5.91 Å². The summed E-state index contributed by atoms with van der Waals surface area (Å²) in [7, 11) is 0. The van der Waals surface area contributed by atoms with Crippen LogP contribution in [0.5, 0.6) is 0 Å². The van der Waals surface area contributed by atoms with Crippen LogP contribution in [0.4, 0.5) is 0 Å². The minimum atomic E-state index is -0.643. The topological polar surface area (TPSA) is 88.0 Å². The van der Waals surface area contributed by atoms with Gasteiger partial charge in [-0.05, 0) is 29.8 Å². The van der Waals surface area contributed by atoms with Crippen LogP contribution in [0, 0.1) is 0 Å². The van der Waals surface area contributed by atoms with Crippen molar-refractivity contribution >= 4 is 27.9 Å². The van der Waals surface area contributed by atoms with Crippen molar-refractivity contribution in [2.24, 2.45) is 0 Å². The molecule has 2 aromatic carbocycles. The summed E-state index contributed by atoms with van der Waals surface area (Å²) >= 11 is 0.